The van der Waals surface area contributed by atoms with Gasteiger partial charge < -0.3 is 4.74 Å². The minimum absolute atomic E-state index is 0.689. The lowest BCUT2D eigenvalue weighted by atomic mass is 9.94. The number of rotatable bonds is 2. The monoisotopic (exact) mass is 286 g/mol. The first-order valence-electron chi connectivity index (χ1n) is 7.24. The molecule has 0 saturated carbocycles. The molecule has 2 heteroatoms. The van der Waals surface area contributed by atoms with Gasteiger partial charge in [0.2, 0.25) is 0 Å². The summed E-state index contributed by atoms with van der Waals surface area (Å²) < 4.78 is 6.12. The zero-order valence-electron chi connectivity index (χ0n) is 12.2. The Kier molecular flexibility index (Phi) is 2.83. The Morgan fingerprint density at radius 1 is 0.955 bits per heavy atom. The van der Waals surface area contributed by atoms with Crippen LogP contribution in [-0.2, 0) is 0 Å². The number of aryl methyl sites for hydroxylation is 1. The molecule has 0 spiro atoms. The van der Waals surface area contributed by atoms with Crippen molar-refractivity contribution in [3.63, 3.8) is 0 Å². The van der Waals surface area contributed by atoms with Gasteiger partial charge in [-0.2, -0.15) is 0 Å². The molecule has 2 nitrogen and oxygen atoms in total. The lowest BCUT2D eigenvalue weighted by Crippen LogP contribution is -2.04. The van der Waals surface area contributed by atoms with Crippen molar-refractivity contribution in [2.24, 2.45) is 0 Å². The molecule has 106 valence electrons. The van der Waals surface area contributed by atoms with Crippen LogP contribution in [0.5, 0.6) is 5.75 Å². The second-order valence-electron chi connectivity index (χ2n) is 5.47. The fraction of sp³-hybridized carbons (Fsp3) is 0.0500. The van der Waals surface area contributed by atoms with E-state index in [0.29, 0.717) is 5.56 Å². The van der Waals surface area contributed by atoms with Gasteiger partial charge in [-0.3, -0.25) is 4.79 Å². The summed E-state index contributed by atoms with van der Waals surface area (Å²) in [6, 6.07) is 17.9. The molecule has 0 aromatic heterocycles. The van der Waals surface area contributed by atoms with Crippen molar-refractivity contribution in [1.29, 1.82) is 0 Å². The minimum Gasteiger partial charge on any atom is -0.456 e. The maximum atomic E-state index is 11.4. The molecule has 0 radical (unpaired) electrons. The van der Waals surface area contributed by atoms with E-state index in [2.05, 4.69) is 13.0 Å². The van der Waals surface area contributed by atoms with Crippen LogP contribution in [0.4, 0.5) is 0 Å². The highest BCUT2D eigenvalue weighted by Crippen LogP contribution is 2.39. The Balaban J connectivity index is 2.03. The number of benzene rings is 3. The highest BCUT2D eigenvalue weighted by atomic mass is 16.5. The molecule has 0 unspecified atom stereocenters. The summed E-state index contributed by atoms with van der Waals surface area (Å²) in [5.74, 6) is 1.59. The van der Waals surface area contributed by atoms with Crippen LogP contribution in [0.25, 0.3) is 22.6 Å². The molecule has 0 bridgehead atoms. The topological polar surface area (TPSA) is 26.3 Å². The molecule has 0 atom stereocenters. The molecule has 0 N–H and O–H groups in total. The molecule has 4 rings (SSSR count). The average Bonchev–Trinajstić information content (AvgIpc) is 2.56. The van der Waals surface area contributed by atoms with E-state index in [1.165, 1.54) is 0 Å². The molecular formula is C20H14O2. The maximum absolute atomic E-state index is 11.4. The Labute approximate surface area is 128 Å². The van der Waals surface area contributed by atoms with E-state index in [-0.39, 0.29) is 0 Å². The zero-order valence-corrected chi connectivity index (χ0v) is 12.2. The van der Waals surface area contributed by atoms with Gasteiger partial charge in [0.05, 0.1) is 0 Å². The van der Waals surface area contributed by atoms with Gasteiger partial charge in [-0.15, -0.1) is 0 Å². The third-order valence-electron chi connectivity index (χ3n) is 4.11. The van der Waals surface area contributed by atoms with Gasteiger partial charge in [0, 0.05) is 22.1 Å². The predicted molar refractivity (Wildman–Crippen MR) is 89.0 cm³/mol. The first-order chi connectivity index (χ1) is 10.8. The molecule has 3 aromatic carbocycles. The third-order valence-corrected chi connectivity index (χ3v) is 4.11. The van der Waals surface area contributed by atoms with Crippen LogP contribution in [0.3, 0.4) is 0 Å². The van der Waals surface area contributed by atoms with E-state index in [1.54, 1.807) is 0 Å². The Hall–Kier alpha value is -2.87. The summed E-state index contributed by atoms with van der Waals surface area (Å²) in [5.41, 5.74) is 3.82. The number of hydrogen-bond donors (Lipinski definition) is 0. The predicted octanol–water partition coefficient (Wildman–Crippen LogP) is 4.85. The van der Waals surface area contributed by atoms with Crippen LogP contribution in [0, 0.1) is 6.92 Å². The van der Waals surface area contributed by atoms with Gasteiger partial charge >= 0.3 is 0 Å². The van der Waals surface area contributed by atoms with Crippen LogP contribution >= 0.6 is 0 Å². The van der Waals surface area contributed by atoms with E-state index in [4.69, 9.17) is 4.74 Å². The molecule has 22 heavy (non-hydrogen) atoms. The van der Waals surface area contributed by atoms with Crippen LogP contribution in [0.15, 0.2) is 54.6 Å². The number of carbonyl (C=O) groups excluding carboxylic acids is 1. The maximum Gasteiger partial charge on any atom is 0.150 e. The lowest BCUT2D eigenvalue weighted by molar-refractivity contribution is 0.112. The SMILES string of the molecule is Cc1ccccc1C1=Cc2c(C=O)ccc3cccc(c23)O1. The molecule has 1 heterocycles. The fourth-order valence-corrected chi connectivity index (χ4v) is 2.99. The first-order valence-corrected chi connectivity index (χ1v) is 7.24. The average molecular weight is 286 g/mol. The standard InChI is InChI=1S/C20H14O2/c1-13-5-2-3-7-16(13)19-11-17-15(12-21)10-9-14-6-4-8-18(22-19)20(14)17/h2-12H,1H3. The fourth-order valence-electron chi connectivity index (χ4n) is 2.99. The molecule has 3 aromatic rings. The molecule has 1 aliphatic rings. The van der Waals surface area contributed by atoms with Gasteiger partial charge in [-0.1, -0.05) is 48.5 Å². The van der Waals surface area contributed by atoms with Gasteiger partial charge in [0.25, 0.3) is 0 Å². The Bertz CT molecular complexity index is 936. The van der Waals surface area contributed by atoms with Crippen molar-refractivity contribution < 1.29 is 9.53 Å². The molecule has 0 aliphatic carbocycles. The quantitative estimate of drug-likeness (QED) is 0.629. The Morgan fingerprint density at radius 2 is 1.82 bits per heavy atom. The van der Waals surface area contributed by atoms with Crippen LogP contribution in [0.1, 0.15) is 27.0 Å². The number of aldehydes is 1. The summed E-state index contributed by atoms with van der Waals surface area (Å²) in [4.78, 5) is 11.4. The van der Waals surface area contributed by atoms with E-state index in [9.17, 15) is 4.79 Å². The number of ether oxygens (including phenoxy) is 1. The number of hydrogen-bond acceptors (Lipinski definition) is 2. The van der Waals surface area contributed by atoms with E-state index in [1.807, 2.05) is 54.6 Å². The largest absolute Gasteiger partial charge is 0.456 e. The zero-order chi connectivity index (χ0) is 15.1. The summed E-state index contributed by atoms with van der Waals surface area (Å²) in [7, 11) is 0. The normalized spacial score (nSPS) is 12.7. The lowest BCUT2D eigenvalue weighted by Gasteiger charge is -2.21. The molecule has 0 amide bonds. The van der Waals surface area contributed by atoms with E-state index >= 15 is 0 Å². The summed E-state index contributed by atoms with van der Waals surface area (Å²) in [5, 5.41) is 2.09. The van der Waals surface area contributed by atoms with Crippen molar-refractivity contribution in [2.45, 2.75) is 6.92 Å². The third kappa shape index (κ3) is 1.85. The van der Waals surface area contributed by atoms with Crippen LogP contribution < -0.4 is 4.74 Å². The van der Waals surface area contributed by atoms with Crippen molar-refractivity contribution in [3.05, 3.63) is 76.9 Å². The van der Waals surface area contributed by atoms with Crippen molar-refractivity contribution >= 4 is 28.9 Å². The van der Waals surface area contributed by atoms with Gasteiger partial charge in [0.1, 0.15) is 11.5 Å². The molecular weight excluding hydrogens is 272 g/mol. The van der Waals surface area contributed by atoms with Crippen LogP contribution in [-0.4, -0.2) is 6.29 Å². The second-order valence-corrected chi connectivity index (χ2v) is 5.47. The van der Waals surface area contributed by atoms with Gasteiger partial charge in [0.15, 0.2) is 6.29 Å². The first kappa shape index (κ1) is 12.8. The Morgan fingerprint density at radius 3 is 2.64 bits per heavy atom. The van der Waals surface area contributed by atoms with E-state index in [0.717, 1.165) is 45.3 Å². The summed E-state index contributed by atoms with van der Waals surface area (Å²) in [6.45, 7) is 2.06. The van der Waals surface area contributed by atoms with Gasteiger partial charge in [-0.25, -0.2) is 0 Å². The smallest absolute Gasteiger partial charge is 0.150 e. The molecule has 1 aliphatic heterocycles. The highest BCUT2D eigenvalue weighted by molar-refractivity contribution is 6.06. The van der Waals surface area contributed by atoms with Crippen LogP contribution in [0.2, 0.25) is 0 Å². The van der Waals surface area contributed by atoms with Crippen molar-refractivity contribution in [3.8, 4) is 5.75 Å². The molecule has 0 saturated heterocycles. The summed E-state index contributed by atoms with van der Waals surface area (Å²) in [6.07, 6.45) is 2.88. The van der Waals surface area contributed by atoms with Crippen molar-refractivity contribution in [1.82, 2.24) is 0 Å². The highest BCUT2D eigenvalue weighted by Gasteiger charge is 2.19. The van der Waals surface area contributed by atoms with E-state index < -0.39 is 0 Å². The second kappa shape index (κ2) is 4.85. The molecule has 0 fully saturated rings. The van der Waals surface area contributed by atoms with Gasteiger partial charge in [-0.05, 0) is 30.0 Å². The minimum atomic E-state index is 0.689. The number of carbonyl (C=O) groups is 1. The van der Waals surface area contributed by atoms with Crippen molar-refractivity contribution in [2.75, 3.05) is 0 Å². The summed E-state index contributed by atoms with van der Waals surface area (Å²) >= 11 is 0.